The number of benzene rings is 1. The lowest BCUT2D eigenvalue weighted by Gasteiger charge is -2.03. The Hall–Kier alpha value is -1.48. The van der Waals surface area contributed by atoms with Crippen LogP contribution in [0.25, 0.3) is 5.57 Å². The van der Waals surface area contributed by atoms with E-state index in [-0.39, 0.29) is 11.3 Å². The van der Waals surface area contributed by atoms with Crippen LogP contribution in [0.5, 0.6) is 0 Å². The maximum atomic E-state index is 10.8. The van der Waals surface area contributed by atoms with Crippen molar-refractivity contribution in [1.82, 2.24) is 0 Å². The molecule has 1 aromatic carbocycles. The minimum atomic E-state index is -1.16. The molecule has 0 aliphatic carbocycles. The number of carboxylic acids is 1. The zero-order chi connectivity index (χ0) is 10.7. The third-order valence-electron chi connectivity index (χ3n) is 1.71. The fourth-order valence-corrected chi connectivity index (χ4v) is 1.23. The first-order valence-electron chi connectivity index (χ1n) is 3.91. The van der Waals surface area contributed by atoms with E-state index < -0.39 is 5.97 Å². The smallest absolute Gasteiger partial charge is 0.339 e. The van der Waals surface area contributed by atoms with Gasteiger partial charge >= 0.3 is 5.97 Å². The van der Waals surface area contributed by atoms with Crippen molar-refractivity contribution in [2.24, 2.45) is 0 Å². The molecule has 14 heavy (non-hydrogen) atoms. The lowest BCUT2D eigenvalue weighted by atomic mass is 10.1. The molecule has 0 bridgehead atoms. The van der Waals surface area contributed by atoms with Crippen LogP contribution in [0.4, 0.5) is 0 Å². The molecule has 0 atom stereocenters. The normalized spacial score (nSPS) is 12.1. The van der Waals surface area contributed by atoms with E-state index in [2.05, 4.69) is 0 Å². The number of aliphatic hydroxyl groups excluding tert-OH is 1. The van der Waals surface area contributed by atoms with E-state index in [0.29, 0.717) is 10.6 Å². The average molecular weight is 213 g/mol. The minimum Gasteiger partial charge on any atom is -0.512 e. The van der Waals surface area contributed by atoms with Crippen molar-refractivity contribution in [3.8, 4) is 0 Å². The summed E-state index contributed by atoms with van der Waals surface area (Å²) in [5.74, 6) is -1.38. The first kappa shape index (κ1) is 10.6. The molecule has 3 nitrogen and oxygen atoms in total. The van der Waals surface area contributed by atoms with Gasteiger partial charge in [-0.15, -0.1) is 0 Å². The summed E-state index contributed by atoms with van der Waals surface area (Å²) in [5, 5.41) is 18.5. The number of aliphatic hydroxyl groups is 1. The summed E-state index contributed by atoms with van der Waals surface area (Å²) in [6, 6.07) is 6.24. The summed E-state index contributed by atoms with van der Waals surface area (Å²) in [7, 11) is 0. The van der Waals surface area contributed by atoms with Gasteiger partial charge in [0.1, 0.15) is 11.3 Å². The summed E-state index contributed by atoms with van der Waals surface area (Å²) in [6.45, 7) is 1.33. The summed E-state index contributed by atoms with van der Waals surface area (Å²) in [6.07, 6.45) is 0. The van der Waals surface area contributed by atoms with Gasteiger partial charge in [0.15, 0.2) is 0 Å². The molecule has 4 heteroatoms. The quantitative estimate of drug-likeness (QED) is 0.585. The highest BCUT2D eigenvalue weighted by molar-refractivity contribution is 6.30. The lowest BCUT2D eigenvalue weighted by molar-refractivity contribution is -0.130. The number of allylic oxidation sites excluding steroid dienone is 1. The van der Waals surface area contributed by atoms with Crippen molar-refractivity contribution >= 4 is 23.1 Å². The van der Waals surface area contributed by atoms with E-state index >= 15 is 0 Å². The predicted octanol–water partition coefficient (Wildman–Crippen LogP) is 2.71. The molecule has 1 aromatic rings. The Morgan fingerprint density at radius 3 is 2.07 bits per heavy atom. The van der Waals surface area contributed by atoms with Crippen LogP contribution in [0.15, 0.2) is 30.0 Å². The zero-order valence-electron chi connectivity index (χ0n) is 7.49. The highest BCUT2D eigenvalue weighted by atomic mass is 35.5. The van der Waals surface area contributed by atoms with E-state index in [9.17, 15) is 9.90 Å². The highest BCUT2D eigenvalue weighted by Crippen LogP contribution is 2.19. The second-order valence-electron chi connectivity index (χ2n) is 2.77. The molecule has 1 rings (SSSR count). The van der Waals surface area contributed by atoms with Crippen LogP contribution in [0.3, 0.4) is 0 Å². The van der Waals surface area contributed by atoms with Crippen LogP contribution in [0.1, 0.15) is 12.5 Å². The third kappa shape index (κ3) is 2.26. The molecule has 74 valence electrons. The molecule has 0 saturated carbocycles. The number of aliphatic carboxylic acids is 1. The predicted molar refractivity (Wildman–Crippen MR) is 54.3 cm³/mol. The summed E-state index contributed by atoms with van der Waals surface area (Å²) in [4.78, 5) is 10.8. The second-order valence-corrected chi connectivity index (χ2v) is 3.21. The van der Waals surface area contributed by atoms with Gasteiger partial charge in [-0.25, -0.2) is 4.79 Å². The maximum Gasteiger partial charge on any atom is 0.339 e. The third-order valence-corrected chi connectivity index (χ3v) is 1.96. The van der Waals surface area contributed by atoms with E-state index in [1.165, 1.54) is 6.92 Å². The molecule has 0 heterocycles. The van der Waals surface area contributed by atoms with Crippen molar-refractivity contribution in [1.29, 1.82) is 0 Å². The van der Waals surface area contributed by atoms with Gasteiger partial charge < -0.3 is 10.2 Å². The van der Waals surface area contributed by atoms with E-state index in [1.807, 2.05) is 0 Å². The fourth-order valence-electron chi connectivity index (χ4n) is 1.10. The number of hydrogen-bond acceptors (Lipinski definition) is 2. The van der Waals surface area contributed by atoms with Crippen LogP contribution >= 0.6 is 11.6 Å². The number of halogens is 1. The Morgan fingerprint density at radius 2 is 1.71 bits per heavy atom. The summed E-state index contributed by atoms with van der Waals surface area (Å²) < 4.78 is 0. The van der Waals surface area contributed by atoms with E-state index in [0.717, 1.165) is 0 Å². The molecular weight excluding hydrogens is 204 g/mol. The molecular formula is C10H9ClO3. The molecule has 0 fully saturated rings. The summed E-state index contributed by atoms with van der Waals surface area (Å²) in [5.41, 5.74) is 0.323. The minimum absolute atomic E-state index is 0.110. The van der Waals surface area contributed by atoms with Crippen LogP contribution in [0.2, 0.25) is 5.02 Å². The molecule has 0 radical (unpaired) electrons. The topological polar surface area (TPSA) is 57.5 Å². The zero-order valence-corrected chi connectivity index (χ0v) is 8.25. The Balaban J connectivity index is 3.21. The fraction of sp³-hybridized carbons (Fsp3) is 0.100. The monoisotopic (exact) mass is 212 g/mol. The molecule has 0 aliphatic rings. The molecule has 0 spiro atoms. The molecule has 0 saturated heterocycles. The van der Waals surface area contributed by atoms with Crippen molar-refractivity contribution in [3.63, 3.8) is 0 Å². The maximum absolute atomic E-state index is 10.8. The van der Waals surface area contributed by atoms with Crippen molar-refractivity contribution in [2.75, 3.05) is 0 Å². The van der Waals surface area contributed by atoms with Gasteiger partial charge in [-0.1, -0.05) is 23.7 Å². The molecule has 0 unspecified atom stereocenters. The Morgan fingerprint density at radius 1 is 1.21 bits per heavy atom. The highest BCUT2D eigenvalue weighted by Gasteiger charge is 2.13. The first-order valence-corrected chi connectivity index (χ1v) is 4.29. The average Bonchev–Trinajstić information content (AvgIpc) is 2.07. The van der Waals surface area contributed by atoms with Gasteiger partial charge in [-0.2, -0.15) is 0 Å². The Kier molecular flexibility index (Phi) is 3.14. The van der Waals surface area contributed by atoms with Crippen molar-refractivity contribution in [3.05, 3.63) is 40.6 Å². The Bertz CT molecular complexity index is 375. The largest absolute Gasteiger partial charge is 0.512 e. The van der Waals surface area contributed by atoms with Gasteiger partial charge in [0.2, 0.25) is 0 Å². The van der Waals surface area contributed by atoms with Gasteiger partial charge in [0.25, 0.3) is 0 Å². The van der Waals surface area contributed by atoms with Crippen LogP contribution in [0, 0.1) is 0 Å². The number of hydrogen-bond donors (Lipinski definition) is 2. The number of rotatable bonds is 2. The standard InChI is InChI=1S/C10H9ClO3/c1-6(12)9(10(13)14)7-2-4-8(11)5-3-7/h2-5,12H,1H3,(H,13,14). The number of carbonyl (C=O) groups is 1. The lowest BCUT2D eigenvalue weighted by Crippen LogP contribution is -2.02. The molecule has 2 N–H and O–H groups in total. The van der Waals surface area contributed by atoms with Crippen LogP contribution in [-0.4, -0.2) is 16.2 Å². The molecule has 0 amide bonds. The molecule has 0 aliphatic heterocycles. The summed E-state index contributed by atoms with van der Waals surface area (Å²) >= 11 is 5.65. The van der Waals surface area contributed by atoms with Crippen molar-refractivity contribution < 1.29 is 15.0 Å². The first-order chi connectivity index (χ1) is 6.52. The van der Waals surface area contributed by atoms with Gasteiger partial charge in [0, 0.05) is 5.02 Å². The van der Waals surface area contributed by atoms with Gasteiger partial charge in [-0.05, 0) is 24.6 Å². The molecule has 0 aromatic heterocycles. The van der Waals surface area contributed by atoms with Gasteiger partial charge in [0.05, 0.1) is 0 Å². The van der Waals surface area contributed by atoms with E-state index in [1.54, 1.807) is 24.3 Å². The van der Waals surface area contributed by atoms with Gasteiger partial charge in [-0.3, -0.25) is 0 Å². The SMILES string of the molecule is CC(O)=C(C(=O)O)c1ccc(Cl)cc1. The van der Waals surface area contributed by atoms with Crippen molar-refractivity contribution in [2.45, 2.75) is 6.92 Å². The Labute approximate surface area is 86.3 Å². The number of carboxylic acid groups (broad SMARTS) is 1. The second kappa shape index (κ2) is 4.15. The van der Waals surface area contributed by atoms with E-state index in [4.69, 9.17) is 16.7 Å². The van der Waals surface area contributed by atoms with Crippen LogP contribution < -0.4 is 0 Å². The van der Waals surface area contributed by atoms with Crippen LogP contribution in [-0.2, 0) is 4.79 Å².